The predicted octanol–water partition coefficient (Wildman–Crippen LogP) is -0.0980. The summed E-state index contributed by atoms with van der Waals surface area (Å²) < 4.78 is 11.1. The highest BCUT2D eigenvalue weighted by molar-refractivity contribution is 5.64. The van der Waals surface area contributed by atoms with E-state index in [0.717, 1.165) is 0 Å². The van der Waals surface area contributed by atoms with E-state index < -0.39 is 17.6 Å². The Morgan fingerprint density at radius 1 is 1.21 bits per heavy atom. The normalized spacial score (nSPS) is 19.7. The Bertz CT molecular complexity index is 940. The molecule has 12 nitrogen and oxygen atoms in total. The number of aliphatic hydroxyl groups is 2. The van der Waals surface area contributed by atoms with E-state index in [0.29, 0.717) is 62.4 Å². The number of aromatic nitrogens is 4. The summed E-state index contributed by atoms with van der Waals surface area (Å²) in [5.74, 6) is 1.29. The van der Waals surface area contributed by atoms with Crippen LogP contribution in [-0.2, 0) is 9.47 Å². The number of ether oxygens (including phenoxy) is 2. The highest BCUT2D eigenvalue weighted by atomic mass is 16.6. The number of hydrogen-bond donors (Lipinski definition) is 4. The molecule has 180 valence electrons. The number of morpholine rings is 1. The Labute approximate surface area is 192 Å². The van der Waals surface area contributed by atoms with Gasteiger partial charge in [-0.25, -0.2) is 15.0 Å². The molecule has 1 atom stereocenters. The number of nitrogens with two attached hydrogens (primary N) is 1. The first-order valence-corrected chi connectivity index (χ1v) is 11.0. The van der Waals surface area contributed by atoms with Crippen LogP contribution in [0.5, 0.6) is 0 Å². The first kappa shape index (κ1) is 23.5. The third-order valence-corrected chi connectivity index (χ3v) is 5.45. The first-order valence-electron chi connectivity index (χ1n) is 11.0. The molecular weight excluding hydrogens is 428 g/mol. The molecule has 0 aliphatic carbocycles. The third-order valence-electron chi connectivity index (χ3n) is 5.45. The lowest BCUT2D eigenvalue weighted by Crippen LogP contribution is -2.71. The van der Waals surface area contributed by atoms with Gasteiger partial charge in [0.1, 0.15) is 5.82 Å². The molecule has 0 radical (unpaired) electrons. The minimum atomic E-state index is -1.05. The molecule has 1 unspecified atom stereocenters. The molecule has 0 bridgehead atoms. The average Bonchev–Trinajstić information content (AvgIpc) is 2.75. The van der Waals surface area contributed by atoms with Crippen molar-refractivity contribution in [3.63, 3.8) is 0 Å². The summed E-state index contributed by atoms with van der Waals surface area (Å²) in [6.07, 6.45) is 2.18. The van der Waals surface area contributed by atoms with Crippen molar-refractivity contribution in [1.82, 2.24) is 24.8 Å². The maximum Gasteiger partial charge on any atom is 0.228 e. The number of nitrogens with one attached hydrogen (secondary N) is 1. The lowest BCUT2D eigenvalue weighted by Gasteiger charge is -2.51. The van der Waals surface area contributed by atoms with Gasteiger partial charge in [-0.15, -0.1) is 0 Å². The maximum atomic E-state index is 10.4. The third kappa shape index (κ3) is 5.65. The van der Waals surface area contributed by atoms with Crippen LogP contribution in [0.15, 0.2) is 18.5 Å². The van der Waals surface area contributed by atoms with Gasteiger partial charge in [0.25, 0.3) is 0 Å². The van der Waals surface area contributed by atoms with Crippen LogP contribution in [0, 0.1) is 0 Å². The van der Waals surface area contributed by atoms with Crippen molar-refractivity contribution in [2.75, 3.05) is 62.0 Å². The Hall–Kier alpha value is -2.64. The van der Waals surface area contributed by atoms with Gasteiger partial charge in [-0.05, 0) is 20.8 Å². The van der Waals surface area contributed by atoms with Crippen LogP contribution in [0.4, 0.5) is 17.7 Å². The minimum absolute atomic E-state index is 0.136. The summed E-state index contributed by atoms with van der Waals surface area (Å²) in [5.41, 5.74) is 5.81. The fraction of sp³-hybridized carbons (Fsp3) is 0.619. The van der Waals surface area contributed by atoms with Crippen molar-refractivity contribution in [3.8, 4) is 11.3 Å². The van der Waals surface area contributed by atoms with E-state index in [1.807, 2.05) is 20.8 Å². The molecule has 2 saturated heterocycles. The highest BCUT2D eigenvalue weighted by Gasteiger charge is 2.46. The topological polar surface area (TPSA) is 155 Å². The minimum Gasteiger partial charge on any atom is -0.394 e. The van der Waals surface area contributed by atoms with E-state index in [2.05, 4.69) is 20.2 Å². The van der Waals surface area contributed by atoms with Crippen LogP contribution in [0.2, 0.25) is 0 Å². The molecule has 2 aromatic rings. The Morgan fingerprint density at radius 3 is 2.48 bits per heavy atom. The van der Waals surface area contributed by atoms with Gasteiger partial charge < -0.3 is 35.6 Å². The molecule has 0 spiro atoms. The number of rotatable bonds is 7. The van der Waals surface area contributed by atoms with Crippen molar-refractivity contribution in [3.05, 3.63) is 18.5 Å². The van der Waals surface area contributed by atoms with Crippen molar-refractivity contribution < 1.29 is 19.7 Å². The molecule has 2 aliphatic rings. The molecule has 4 heterocycles. The predicted molar refractivity (Wildman–Crippen MR) is 122 cm³/mol. The number of anilines is 3. The summed E-state index contributed by atoms with van der Waals surface area (Å²) in [7, 11) is 0. The van der Waals surface area contributed by atoms with E-state index in [4.69, 9.17) is 25.2 Å². The molecule has 0 aromatic carbocycles. The number of aliphatic hydroxyl groups excluding tert-OH is 2. The van der Waals surface area contributed by atoms with Crippen molar-refractivity contribution in [2.45, 2.75) is 38.3 Å². The molecule has 2 aliphatic heterocycles. The molecular formula is C21H32N8O4. The Balaban J connectivity index is 1.57. The highest BCUT2D eigenvalue weighted by Crippen LogP contribution is 2.30. The van der Waals surface area contributed by atoms with E-state index in [1.165, 1.54) is 0 Å². The standard InChI is InChI=1S/C21H32N8O4/c1-20(2,3)33-19(31)29-11-21(12-29,13-30)27-16-8-15(14-9-23-17(22)24-10-14)25-18(26-16)28-4-6-32-7-5-28/h8-10,19,30-31H,4-7,11-13H2,1-3H3,(H2,22,23,24)(H,25,26,27). The van der Waals surface area contributed by atoms with Gasteiger partial charge in [0.15, 0.2) is 0 Å². The molecule has 33 heavy (non-hydrogen) atoms. The lowest BCUT2D eigenvalue weighted by atomic mass is 9.91. The maximum absolute atomic E-state index is 10.4. The van der Waals surface area contributed by atoms with Crippen LogP contribution in [0.3, 0.4) is 0 Å². The molecule has 2 fully saturated rings. The molecule has 2 aromatic heterocycles. The van der Waals surface area contributed by atoms with Gasteiger partial charge in [0.05, 0.1) is 36.7 Å². The second-order valence-corrected chi connectivity index (χ2v) is 9.39. The van der Waals surface area contributed by atoms with Gasteiger partial charge in [0, 0.05) is 50.2 Å². The summed E-state index contributed by atoms with van der Waals surface area (Å²) in [5, 5.41) is 23.9. The molecule has 0 amide bonds. The average molecular weight is 461 g/mol. The van der Waals surface area contributed by atoms with Crippen LogP contribution in [-0.4, -0.2) is 98.6 Å². The molecule has 4 rings (SSSR count). The SMILES string of the molecule is CC(C)(C)OC(O)N1CC(CO)(Nc2cc(-c3cnc(N)nc3)nc(N3CCOCC3)n2)C1. The number of nitrogen functional groups attached to an aromatic ring is 1. The molecule has 12 heteroatoms. The number of nitrogens with zero attached hydrogens (tertiary/aromatic N) is 6. The lowest BCUT2D eigenvalue weighted by molar-refractivity contribution is -0.263. The van der Waals surface area contributed by atoms with Gasteiger partial charge in [-0.3, -0.25) is 4.90 Å². The van der Waals surface area contributed by atoms with Gasteiger partial charge in [-0.1, -0.05) is 0 Å². The Kier molecular flexibility index (Phi) is 6.64. The second kappa shape index (κ2) is 9.31. The van der Waals surface area contributed by atoms with Gasteiger partial charge in [-0.2, -0.15) is 4.98 Å². The van der Waals surface area contributed by atoms with E-state index in [9.17, 15) is 10.2 Å². The number of hydrogen-bond acceptors (Lipinski definition) is 12. The first-order chi connectivity index (χ1) is 15.7. The Morgan fingerprint density at radius 2 is 1.88 bits per heavy atom. The fourth-order valence-electron chi connectivity index (χ4n) is 3.79. The largest absolute Gasteiger partial charge is 0.394 e. The number of likely N-dealkylation sites (tertiary alicyclic amines) is 1. The second-order valence-electron chi connectivity index (χ2n) is 9.39. The quantitative estimate of drug-likeness (QED) is 0.408. The zero-order chi connectivity index (χ0) is 23.6. The summed E-state index contributed by atoms with van der Waals surface area (Å²) in [6, 6.07) is 1.79. The molecule has 0 saturated carbocycles. The van der Waals surface area contributed by atoms with E-state index in [-0.39, 0.29) is 12.6 Å². The van der Waals surface area contributed by atoms with Crippen LogP contribution in [0.1, 0.15) is 20.8 Å². The van der Waals surface area contributed by atoms with Crippen LogP contribution in [0.25, 0.3) is 11.3 Å². The van der Waals surface area contributed by atoms with E-state index >= 15 is 0 Å². The zero-order valence-corrected chi connectivity index (χ0v) is 19.2. The van der Waals surface area contributed by atoms with Crippen LogP contribution < -0.4 is 16.0 Å². The summed E-state index contributed by atoms with van der Waals surface area (Å²) >= 11 is 0. The van der Waals surface area contributed by atoms with Crippen LogP contribution >= 0.6 is 0 Å². The summed E-state index contributed by atoms with van der Waals surface area (Å²) in [4.78, 5) is 21.3. The van der Waals surface area contributed by atoms with Crippen molar-refractivity contribution >= 4 is 17.7 Å². The monoisotopic (exact) mass is 460 g/mol. The fourth-order valence-corrected chi connectivity index (χ4v) is 3.79. The van der Waals surface area contributed by atoms with Gasteiger partial charge >= 0.3 is 0 Å². The van der Waals surface area contributed by atoms with Gasteiger partial charge in [0.2, 0.25) is 18.3 Å². The van der Waals surface area contributed by atoms with Crippen molar-refractivity contribution in [2.24, 2.45) is 0 Å². The summed E-state index contributed by atoms with van der Waals surface area (Å²) in [6.45, 7) is 8.83. The zero-order valence-electron chi connectivity index (χ0n) is 19.2. The smallest absolute Gasteiger partial charge is 0.228 e. The van der Waals surface area contributed by atoms with Crippen molar-refractivity contribution in [1.29, 1.82) is 0 Å². The van der Waals surface area contributed by atoms with E-state index in [1.54, 1.807) is 23.4 Å². The molecule has 5 N–H and O–H groups in total.